The summed E-state index contributed by atoms with van der Waals surface area (Å²) in [7, 11) is 1.37. The molecule has 1 aliphatic carbocycles. The van der Waals surface area contributed by atoms with Crippen molar-refractivity contribution < 1.29 is 14.6 Å². The Morgan fingerprint density at radius 2 is 2.21 bits per heavy atom. The zero-order chi connectivity index (χ0) is 20.2. The number of H-pyrrole nitrogens is 1. The van der Waals surface area contributed by atoms with Crippen molar-refractivity contribution in [2.75, 3.05) is 13.7 Å². The zero-order valence-electron chi connectivity index (χ0n) is 16.5. The van der Waals surface area contributed by atoms with E-state index in [9.17, 15) is 9.90 Å². The van der Waals surface area contributed by atoms with Gasteiger partial charge in [-0.15, -0.1) is 0 Å². The third kappa shape index (κ3) is 4.26. The predicted molar refractivity (Wildman–Crippen MR) is 115 cm³/mol. The fourth-order valence-corrected chi connectivity index (χ4v) is 4.17. The van der Waals surface area contributed by atoms with Gasteiger partial charge in [-0.25, -0.2) is 4.79 Å². The number of hydrogen-bond acceptors (Lipinski definition) is 4. The minimum Gasteiger partial charge on any atom is -0.466 e. The molecule has 2 unspecified atom stereocenters. The highest BCUT2D eigenvalue weighted by molar-refractivity contribution is 5.87. The lowest BCUT2D eigenvalue weighted by atomic mass is 10.0. The second-order valence-corrected chi connectivity index (χ2v) is 7.52. The quantitative estimate of drug-likeness (QED) is 0.426. The monoisotopic (exact) mass is 390 g/mol. The van der Waals surface area contributed by atoms with E-state index in [4.69, 9.17) is 0 Å². The Kier molecular flexibility index (Phi) is 5.79. The van der Waals surface area contributed by atoms with Crippen molar-refractivity contribution in [3.63, 3.8) is 0 Å². The molecule has 0 radical (unpaired) electrons. The summed E-state index contributed by atoms with van der Waals surface area (Å²) in [6.07, 6.45) is 8.02. The van der Waals surface area contributed by atoms with Gasteiger partial charge in [0.1, 0.15) is 0 Å². The number of fused-ring (bicyclic) bond motifs is 2. The number of hydrogen-bond donors (Lipinski definition) is 3. The average molecular weight is 390 g/mol. The van der Waals surface area contributed by atoms with Crippen LogP contribution >= 0.6 is 0 Å². The second kappa shape index (κ2) is 8.64. The van der Waals surface area contributed by atoms with Gasteiger partial charge in [-0.3, -0.25) is 0 Å². The maximum absolute atomic E-state index is 11.3. The van der Waals surface area contributed by atoms with Gasteiger partial charge in [0, 0.05) is 35.3 Å². The van der Waals surface area contributed by atoms with Crippen LogP contribution in [0.3, 0.4) is 0 Å². The molecule has 5 nitrogen and oxygen atoms in total. The van der Waals surface area contributed by atoms with Crippen molar-refractivity contribution in [1.82, 2.24) is 10.3 Å². The SMILES string of the molecule is COC(=O)/C=C/c1ccc2c(c1)CCC2NC(CO)Cc1c[nH]c2ccccc12. The summed E-state index contributed by atoms with van der Waals surface area (Å²) in [5.74, 6) is -0.354. The number of benzene rings is 2. The standard InChI is InChI=1S/C24H26N2O3/c1-29-24(28)11-7-16-6-9-21-17(12-16)8-10-23(21)26-19(15-27)13-18-14-25-22-5-3-2-4-20(18)22/h2-7,9,11-12,14,19,23,25-27H,8,10,13,15H2,1H3/b11-7+. The molecule has 1 aliphatic rings. The Hall–Kier alpha value is -2.89. The number of aromatic nitrogens is 1. The van der Waals surface area contributed by atoms with Crippen LogP contribution in [-0.4, -0.2) is 35.8 Å². The summed E-state index contributed by atoms with van der Waals surface area (Å²) in [5, 5.41) is 14.8. The summed E-state index contributed by atoms with van der Waals surface area (Å²) in [6.45, 7) is 0.0886. The number of aliphatic hydroxyl groups is 1. The van der Waals surface area contributed by atoms with Gasteiger partial charge in [0.05, 0.1) is 13.7 Å². The van der Waals surface area contributed by atoms with Crippen LogP contribution in [0.25, 0.3) is 17.0 Å². The van der Waals surface area contributed by atoms with E-state index in [0.29, 0.717) is 0 Å². The first-order chi connectivity index (χ1) is 14.2. The van der Waals surface area contributed by atoms with Gasteiger partial charge in [-0.2, -0.15) is 0 Å². The lowest BCUT2D eigenvalue weighted by Crippen LogP contribution is -2.36. The number of carbonyl (C=O) groups is 1. The van der Waals surface area contributed by atoms with Crippen LogP contribution in [0.1, 0.15) is 34.7 Å². The van der Waals surface area contributed by atoms with Gasteiger partial charge < -0.3 is 20.1 Å². The summed E-state index contributed by atoms with van der Waals surface area (Å²) < 4.78 is 4.65. The molecule has 0 aliphatic heterocycles. The largest absolute Gasteiger partial charge is 0.466 e. The van der Waals surface area contributed by atoms with Crippen molar-refractivity contribution in [2.45, 2.75) is 31.3 Å². The molecule has 4 rings (SSSR count). The third-order valence-corrected chi connectivity index (χ3v) is 5.66. The van der Waals surface area contributed by atoms with Gasteiger partial charge in [-0.05, 0) is 53.7 Å². The highest BCUT2D eigenvalue weighted by atomic mass is 16.5. The molecule has 1 aromatic heterocycles. The molecule has 0 saturated carbocycles. The Morgan fingerprint density at radius 3 is 3.03 bits per heavy atom. The number of rotatable bonds is 7. The van der Waals surface area contributed by atoms with E-state index in [1.54, 1.807) is 6.08 Å². The summed E-state index contributed by atoms with van der Waals surface area (Å²) >= 11 is 0. The van der Waals surface area contributed by atoms with E-state index in [0.717, 1.165) is 30.3 Å². The van der Waals surface area contributed by atoms with Crippen LogP contribution in [0.2, 0.25) is 0 Å². The van der Waals surface area contributed by atoms with E-state index in [2.05, 4.69) is 39.3 Å². The van der Waals surface area contributed by atoms with Crippen molar-refractivity contribution >= 4 is 22.9 Å². The number of para-hydroxylation sites is 1. The normalized spacial score (nSPS) is 17.0. The van der Waals surface area contributed by atoms with Gasteiger partial charge in [-0.1, -0.05) is 36.4 Å². The lowest BCUT2D eigenvalue weighted by Gasteiger charge is -2.22. The number of esters is 1. The first-order valence-electron chi connectivity index (χ1n) is 9.98. The van der Waals surface area contributed by atoms with Crippen molar-refractivity contribution in [3.8, 4) is 0 Å². The molecule has 3 aromatic rings. The van der Waals surface area contributed by atoms with E-state index in [-0.39, 0.29) is 24.7 Å². The Bertz CT molecular complexity index is 1040. The first kappa shape index (κ1) is 19.4. The van der Waals surface area contributed by atoms with E-state index < -0.39 is 0 Å². The zero-order valence-corrected chi connectivity index (χ0v) is 16.5. The molecular weight excluding hydrogens is 364 g/mol. The molecule has 150 valence electrons. The van der Waals surface area contributed by atoms with Crippen LogP contribution < -0.4 is 5.32 Å². The number of methoxy groups -OCH3 is 1. The molecular formula is C24H26N2O3. The average Bonchev–Trinajstić information content (AvgIpc) is 3.35. The van der Waals surface area contributed by atoms with E-state index >= 15 is 0 Å². The highest BCUT2D eigenvalue weighted by Gasteiger charge is 2.25. The van der Waals surface area contributed by atoms with Crippen molar-refractivity contribution in [3.05, 3.63) is 77.0 Å². The maximum atomic E-state index is 11.3. The highest BCUT2D eigenvalue weighted by Crippen LogP contribution is 2.33. The van der Waals surface area contributed by atoms with Crippen LogP contribution in [-0.2, 0) is 22.4 Å². The molecule has 3 N–H and O–H groups in total. The van der Waals surface area contributed by atoms with E-state index in [1.807, 2.05) is 24.4 Å². The number of ether oxygens (including phenoxy) is 1. The molecule has 2 aromatic carbocycles. The Labute approximate surface area is 170 Å². The molecule has 0 fully saturated rings. The van der Waals surface area contributed by atoms with Gasteiger partial charge >= 0.3 is 5.97 Å². The Morgan fingerprint density at radius 1 is 1.34 bits per heavy atom. The summed E-state index contributed by atoms with van der Waals surface area (Å²) in [4.78, 5) is 14.6. The number of aryl methyl sites for hydroxylation is 1. The molecule has 0 spiro atoms. The van der Waals surface area contributed by atoms with Crippen LogP contribution in [0.4, 0.5) is 0 Å². The van der Waals surface area contributed by atoms with Crippen LogP contribution in [0.15, 0.2) is 54.7 Å². The fourth-order valence-electron chi connectivity index (χ4n) is 4.17. The van der Waals surface area contributed by atoms with Gasteiger partial charge in [0.15, 0.2) is 0 Å². The number of aromatic amines is 1. The van der Waals surface area contributed by atoms with E-state index in [1.165, 1.54) is 35.3 Å². The maximum Gasteiger partial charge on any atom is 0.330 e. The third-order valence-electron chi connectivity index (χ3n) is 5.66. The number of nitrogens with one attached hydrogen (secondary N) is 2. The number of aliphatic hydroxyl groups excluding tert-OH is 1. The molecule has 0 bridgehead atoms. The lowest BCUT2D eigenvalue weighted by molar-refractivity contribution is -0.134. The molecule has 0 saturated heterocycles. The minimum atomic E-state index is -0.354. The summed E-state index contributed by atoms with van der Waals surface area (Å²) in [5.41, 5.74) is 5.90. The Balaban J connectivity index is 1.46. The summed E-state index contributed by atoms with van der Waals surface area (Å²) in [6, 6.07) is 14.7. The molecule has 0 amide bonds. The first-order valence-corrected chi connectivity index (χ1v) is 9.98. The minimum absolute atomic E-state index is 0.0101. The van der Waals surface area contributed by atoms with Gasteiger partial charge in [0.2, 0.25) is 0 Å². The molecule has 2 atom stereocenters. The van der Waals surface area contributed by atoms with Crippen molar-refractivity contribution in [1.29, 1.82) is 0 Å². The predicted octanol–water partition coefficient (Wildman–Crippen LogP) is 3.53. The molecule has 1 heterocycles. The molecule has 5 heteroatoms. The smallest absolute Gasteiger partial charge is 0.330 e. The topological polar surface area (TPSA) is 74.3 Å². The second-order valence-electron chi connectivity index (χ2n) is 7.52. The molecule has 29 heavy (non-hydrogen) atoms. The van der Waals surface area contributed by atoms with Crippen molar-refractivity contribution in [2.24, 2.45) is 0 Å². The van der Waals surface area contributed by atoms with Gasteiger partial charge in [0.25, 0.3) is 0 Å². The fraction of sp³-hybridized carbons (Fsp3) is 0.292. The van der Waals surface area contributed by atoms with Crippen LogP contribution in [0, 0.1) is 0 Å². The van der Waals surface area contributed by atoms with Crippen LogP contribution in [0.5, 0.6) is 0 Å². The number of carbonyl (C=O) groups excluding carboxylic acids is 1.